The van der Waals surface area contributed by atoms with Crippen LogP contribution in [0.15, 0.2) is 42.0 Å². The molecule has 0 fully saturated rings. The monoisotopic (exact) mass is 503 g/mol. The maximum Gasteiger partial charge on any atom is 0.236 e. The van der Waals surface area contributed by atoms with Crippen molar-refractivity contribution in [2.75, 3.05) is 22.4 Å². The summed E-state index contributed by atoms with van der Waals surface area (Å²) in [5, 5.41) is 4.84. The maximum atomic E-state index is 13.0. The molecule has 3 aromatic rings. The Morgan fingerprint density at radius 1 is 1.15 bits per heavy atom. The van der Waals surface area contributed by atoms with Crippen LogP contribution in [0.4, 0.5) is 10.8 Å². The van der Waals surface area contributed by atoms with Gasteiger partial charge in [0, 0.05) is 16.6 Å². The highest BCUT2D eigenvalue weighted by molar-refractivity contribution is 7.92. The minimum atomic E-state index is -3.49. The number of sulfonamides is 1. The van der Waals surface area contributed by atoms with Crippen LogP contribution in [-0.2, 0) is 20.2 Å². The normalized spacial score (nSPS) is 11.9. The quantitative estimate of drug-likeness (QED) is 0.422. The van der Waals surface area contributed by atoms with Gasteiger partial charge in [0.25, 0.3) is 0 Å². The average Bonchev–Trinajstić information content (AvgIpc) is 3.22. The Morgan fingerprint density at radius 2 is 1.85 bits per heavy atom. The summed E-state index contributed by atoms with van der Waals surface area (Å²) in [6, 6.07) is 7.25. The molecule has 0 aliphatic rings. The van der Waals surface area contributed by atoms with E-state index in [2.05, 4.69) is 25.0 Å². The van der Waals surface area contributed by atoms with Crippen molar-refractivity contribution in [3.05, 3.63) is 47.7 Å². The molecule has 182 valence electrons. The number of hydrogen-bond donors (Lipinski definition) is 2. The van der Waals surface area contributed by atoms with Gasteiger partial charge >= 0.3 is 0 Å². The third-order valence-corrected chi connectivity index (χ3v) is 7.35. The molecule has 1 aromatic carbocycles. The SMILES string of the molecule is CCOc1cncc(-c2ccc(NC(=O)C(C)(C)c3csc(NS(=O)(=O)CC(C)C)n3)cc2)n1. The van der Waals surface area contributed by atoms with Crippen molar-refractivity contribution in [1.82, 2.24) is 15.0 Å². The van der Waals surface area contributed by atoms with Crippen molar-refractivity contribution in [1.29, 1.82) is 0 Å². The summed E-state index contributed by atoms with van der Waals surface area (Å²) in [5.74, 6) is 0.184. The summed E-state index contributed by atoms with van der Waals surface area (Å²) >= 11 is 1.15. The first-order valence-electron chi connectivity index (χ1n) is 10.8. The second-order valence-corrected chi connectivity index (χ2v) is 11.3. The number of carbonyl (C=O) groups is 1. The Labute approximate surface area is 204 Å². The largest absolute Gasteiger partial charge is 0.477 e. The molecule has 0 radical (unpaired) electrons. The fourth-order valence-electron chi connectivity index (χ4n) is 3.05. The molecule has 9 nitrogen and oxygen atoms in total. The van der Waals surface area contributed by atoms with E-state index in [1.54, 1.807) is 43.8 Å². The molecule has 0 atom stereocenters. The van der Waals surface area contributed by atoms with Crippen LogP contribution in [0, 0.1) is 5.92 Å². The molecule has 0 saturated carbocycles. The second kappa shape index (κ2) is 10.5. The Kier molecular flexibility index (Phi) is 7.88. The number of nitrogens with zero attached hydrogens (tertiary/aromatic N) is 3. The van der Waals surface area contributed by atoms with Crippen LogP contribution < -0.4 is 14.8 Å². The van der Waals surface area contributed by atoms with E-state index in [-0.39, 0.29) is 22.7 Å². The standard InChI is InChI=1S/C23H29N5O4S2/c1-6-32-20-12-24-11-18(26-20)16-7-9-17(10-8-16)25-21(29)23(4,5)19-13-33-22(27-19)28-34(30,31)14-15(2)3/h7-13,15H,6,14H2,1-5H3,(H,25,29)(H,27,28). The maximum absolute atomic E-state index is 13.0. The van der Waals surface area contributed by atoms with E-state index in [1.807, 2.05) is 32.9 Å². The number of aromatic nitrogens is 3. The van der Waals surface area contributed by atoms with Crippen LogP contribution in [0.25, 0.3) is 11.3 Å². The molecule has 0 bridgehead atoms. The van der Waals surface area contributed by atoms with Gasteiger partial charge in [-0.25, -0.2) is 18.4 Å². The van der Waals surface area contributed by atoms with E-state index >= 15 is 0 Å². The molecule has 2 aromatic heterocycles. The van der Waals surface area contributed by atoms with Crippen LogP contribution >= 0.6 is 11.3 Å². The van der Waals surface area contributed by atoms with Gasteiger partial charge in [0.1, 0.15) is 0 Å². The molecule has 2 N–H and O–H groups in total. The number of thiazole rings is 1. The number of nitrogens with one attached hydrogen (secondary N) is 2. The molecule has 3 rings (SSSR count). The highest BCUT2D eigenvalue weighted by Crippen LogP contribution is 2.29. The zero-order valence-electron chi connectivity index (χ0n) is 19.8. The minimum Gasteiger partial charge on any atom is -0.477 e. The summed E-state index contributed by atoms with van der Waals surface area (Å²) < 4.78 is 32.3. The van der Waals surface area contributed by atoms with Crippen LogP contribution in [0.5, 0.6) is 5.88 Å². The van der Waals surface area contributed by atoms with Crippen LogP contribution in [0.2, 0.25) is 0 Å². The molecule has 1 amide bonds. The Balaban J connectivity index is 1.69. The molecule has 0 aliphatic carbocycles. The number of carbonyl (C=O) groups excluding carboxylic acids is 1. The Morgan fingerprint density at radius 3 is 2.50 bits per heavy atom. The van der Waals surface area contributed by atoms with Gasteiger partial charge in [-0.1, -0.05) is 26.0 Å². The molecule has 0 unspecified atom stereocenters. The molecule has 0 aliphatic heterocycles. The summed E-state index contributed by atoms with van der Waals surface area (Å²) in [6.07, 6.45) is 3.21. The van der Waals surface area contributed by atoms with Gasteiger partial charge in [-0.2, -0.15) is 0 Å². The summed E-state index contributed by atoms with van der Waals surface area (Å²) in [5.41, 5.74) is 1.62. The number of anilines is 2. The van der Waals surface area contributed by atoms with Gasteiger partial charge in [-0.15, -0.1) is 11.3 Å². The van der Waals surface area contributed by atoms with Crippen molar-refractivity contribution in [3.8, 4) is 17.1 Å². The topological polar surface area (TPSA) is 123 Å². The van der Waals surface area contributed by atoms with Gasteiger partial charge < -0.3 is 10.1 Å². The smallest absolute Gasteiger partial charge is 0.236 e. The fourth-order valence-corrected chi connectivity index (χ4v) is 5.62. The summed E-state index contributed by atoms with van der Waals surface area (Å²) in [4.78, 5) is 25.9. The van der Waals surface area contributed by atoms with E-state index in [9.17, 15) is 13.2 Å². The zero-order chi connectivity index (χ0) is 24.9. The van der Waals surface area contributed by atoms with Gasteiger partial charge in [-0.05, 0) is 38.8 Å². The first kappa shape index (κ1) is 25.6. The number of benzene rings is 1. The lowest BCUT2D eigenvalue weighted by molar-refractivity contribution is -0.120. The molecule has 0 saturated heterocycles. The van der Waals surface area contributed by atoms with Gasteiger partial charge in [-0.3, -0.25) is 14.5 Å². The third kappa shape index (κ3) is 6.51. The molecule has 11 heteroatoms. The van der Waals surface area contributed by atoms with Gasteiger partial charge in [0.15, 0.2) is 5.13 Å². The third-order valence-electron chi connectivity index (χ3n) is 4.85. The predicted molar refractivity (Wildman–Crippen MR) is 135 cm³/mol. The average molecular weight is 504 g/mol. The first-order chi connectivity index (χ1) is 16.0. The van der Waals surface area contributed by atoms with Crippen LogP contribution in [0.1, 0.15) is 40.3 Å². The van der Waals surface area contributed by atoms with E-state index < -0.39 is 15.4 Å². The van der Waals surface area contributed by atoms with Gasteiger partial charge in [0.05, 0.1) is 41.6 Å². The van der Waals surface area contributed by atoms with Crippen LogP contribution in [0.3, 0.4) is 0 Å². The first-order valence-corrected chi connectivity index (χ1v) is 13.4. The van der Waals surface area contributed by atoms with Crippen molar-refractivity contribution < 1.29 is 17.9 Å². The molecule has 34 heavy (non-hydrogen) atoms. The van der Waals surface area contributed by atoms with Crippen LogP contribution in [-0.4, -0.2) is 41.6 Å². The van der Waals surface area contributed by atoms with Crippen molar-refractivity contribution >= 4 is 38.1 Å². The highest BCUT2D eigenvalue weighted by atomic mass is 32.2. The minimum absolute atomic E-state index is 0.00327. The summed E-state index contributed by atoms with van der Waals surface area (Å²) in [7, 11) is -3.49. The second-order valence-electron chi connectivity index (χ2n) is 8.65. The lowest BCUT2D eigenvalue weighted by Crippen LogP contribution is -2.35. The molecule has 2 heterocycles. The Hall–Kier alpha value is -3.05. The van der Waals surface area contributed by atoms with E-state index in [0.717, 1.165) is 16.9 Å². The van der Waals surface area contributed by atoms with Gasteiger partial charge in [0.2, 0.25) is 21.8 Å². The van der Waals surface area contributed by atoms with Crippen molar-refractivity contribution in [3.63, 3.8) is 0 Å². The van der Waals surface area contributed by atoms with E-state index in [4.69, 9.17) is 4.74 Å². The predicted octanol–water partition coefficient (Wildman–Crippen LogP) is 4.31. The van der Waals surface area contributed by atoms with E-state index in [1.165, 1.54) is 0 Å². The number of rotatable bonds is 10. The number of amides is 1. The molecule has 0 spiro atoms. The zero-order valence-corrected chi connectivity index (χ0v) is 21.5. The molecular weight excluding hydrogens is 474 g/mol. The summed E-state index contributed by atoms with van der Waals surface area (Å²) in [6.45, 7) is 9.53. The molecular formula is C23H29N5O4S2. The Bertz CT molecular complexity index is 1240. The van der Waals surface area contributed by atoms with Crippen molar-refractivity contribution in [2.24, 2.45) is 5.92 Å². The fraction of sp³-hybridized carbons (Fsp3) is 0.391. The highest BCUT2D eigenvalue weighted by Gasteiger charge is 2.33. The number of hydrogen-bond acceptors (Lipinski definition) is 8. The number of ether oxygens (including phenoxy) is 1. The van der Waals surface area contributed by atoms with E-state index in [0.29, 0.717) is 29.6 Å². The lowest BCUT2D eigenvalue weighted by atomic mass is 9.89. The lowest BCUT2D eigenvalue weighted by Gasteiger charge is -2.21. The van der Waals surface area contributed by atoms with Crippen molar-refractivity contribution in [2.45, 2.75) is 40.0 Å².